The van der Waals surface area contributed by atoms with Gasteiger partial charge in [-0.1, -0.05) is 11.6 Å². The molecule has 4 N–H and O–H groups in total. The van der Waals surface area contributed by atoms with Gasteiger partial charge in [0.25, 0.3) is 10.0 Å². The fraction of sp³-hybridized carbons (Fsp3) is 0. The molecule has 0 spiro atoms. The predicted molar refractivity (Wildman–Crippen MR) is 75.7 cm³/mol. The van der Waals surface area contributed by atoms with Gasteiger partial charge in [-0.25, -0.2) is 27.9 Å². The number of hydrogen-bond acceptors (Lipinski definition) is 6. The maximum absolute atomic E-state index is 12.2. The Kier molecular flexibility index (Phi) is 3.96. The van der Waals surface area contributed by atoms with Gasteiger partial charge in [0.05, 0.1) is 5.56 Å². The quantitative estimate of drug-likeness (QED) is 0.567. The fourth-order valence-electron chi connectivity index (χ4n) is 1.50. The fourth-order valence-corrected chi connectivity index (χ4v) is 2.82. The molecule has 2 rings (SSSR count). The maximum Gasteiger partial charge on any atom is 0.337 e. The zero-order chi connectivity index (χ0) is 15.6. The average Bonchev–Trinajstić information content (AvgIpc) is 2.37. The van der Waals surface area contributed by atoms with Crippen molar-refractivity contribution in [2.24, 2.45) is 0 Å². The highest BCUT2D eigenvalue weighted by molar-refractivity contribution is 7.92. The monoisotopic (exact) mass is 328 g/mol. The number of nitrogens with zero attached hydrogens (tertiary/aromatic N) is 2. The molecule has 1 aromatic carbocycles. The van der Waals surface area contributed by atoms with E-state index in [2.05, 4.69) is 9.97 Å². The Bertz CT molecular complexity index is 810. The van der Waals surface area contributed by atoms with E-state index in [1.807, 2.05) is 4.72 Å². The second kappa shape index (κ2) is 5.54. The first-order chi connectivity index (χ1) is 9.79. The van der Waals surface area contributed by atoms with Crippen LogP contribution in [0.3, 0.4) is 0 Å². The summed E-state index contributed by atoms with van der Waals surface area (Å²) in [4.78, 5) is 18.0. The van der Waals surface area contributed by atoms with Gasteiger partial charge in [-0.2, -0.15) is 0 Å². The summed E-state index contributed by atoms with van der Waals surface area (Å²) in [7, 11) is -4.22. The summed E-state index contributed by atoms with van der Waals surface area (Å²) in [5, 5.41) is 9.08. The third kappa shape index (κ3) is 3.38. The molecular weight excluding hydrogens is 320 g/mol. The van der Waals surface area contributed by atoms with Crippen LogP contribution in [0.1, 0.15) is 10.4 Å². The number of rotatable bonds is 4. The summed E-state index contributed by atoms with van der Waals surface area (Å²) in [5.74, 6) is -1.68. The van der Waals surface area contributed by atoms with Crippen molar-refractivity contribution < 1.29 is 18.3 Å². The minimum absolute atomic E-state index is 0.0359. The Labute approximate surface area is 124 Å². The summed E-state index contributed by atoms with van der Waals surface area (Å²) in [5.41, 5.74) is 5.19. The van der Waals surface area contributed by atoms with Crippen LogP contribution in [-0.2, 0) is 10.0 Å². The summed E-state index contributed by atoms with van der Waals surface area (Å²) in [6.45, 7) is 0. The molecule has 0 fully saturated rings. The molecule has 0 saturated heterocycles. The van der Waals surface area contributed by atoms with E-state index in [0.29, 0.717) is 0 Å². The summed E-state index contributed by atoms with van der Waals surface area (Å²) < 4.78 is 26.5. The Hall–Kier alpha value is -2.39. The molecule has 0 radical (unpaired) electrons. The number of anilines is 2. The van der Waals surface area contributed by atoms with Crippen molar-refractivity contribution in [2.75, 3.05) is 10.5 Å². The lowest BCUT2D eigenvalue weighted by Gasteiger charge is -2.10. The topological polar surface area (TPSA) is 135 Å². The van der Waals surface area contributed by atoms with Crippen molar-refractivity contribution in [1.82, 2.24) is 9.97 Å². The van der Waals surface area contributed by atoms with Crippen molar-refractivity contribution in [3.63, 3.8) is 0 Å². The van der Waals surface area contributed by atoms with Gasteiger partial charge in [0, 0.05) is 11.9 Å². The second-order valence-corrected chi connectivity index (χ2v) is 5.91. The van der Waals surface area contributed by atoms with Crippen molar-refractivity contribution >= 4 is 39.2 Å². The van der Waals surface area contributed by atoms with Crippen LogP contribution in [0.25, 0.3) is 0 Å². The number of nitrogens with one attached hydrogen (secondary N) is 1. The lowest BCUT2D eigenvalue weighted by Crippen LogP contribution is -2.18. The van der Waals surface area contributed by atoms with Crippen molar-refractivity contribution in [1.29, 1.82) is 0 Å². The molecule has 21 heavy (non-hydrogen) atoms. The summed E-state index contributed by atoms with van der Waals surface area (Å²) in [6, 6.07) is 4.79. The van der Waals surface area contributed by atoms with Crippen LogP contribution in [-0.4, -0.2) is 29.5 Å². The van der Waals surface area contributed by atoms with E-state index in [1.165, 1.54) is 18.3 Å². The summed E-state index contributed by atoms with van der Waals surface area (Å²) in [6.07, 6.45) is 1.25. The number of aromatic carboxylic acids is 1. The standard InChI is InChI=1S/C11H9ClN4O4S/c12-9-3-4-14-11(15-9)16-21(19,20)8-5-6(13)1-2-7(8)10(17)18/h1-5H,13H2,(H,17,18)(H,14,15,16). The van der Waals surface area contributed by atoms with Crippen molar-refractivity contribution in [3.05, 3.63) is 41.2 Å². The highest BCUT2D eigenvalue weighted by Gasteiger charge is 2.23. The molecule has 0 aliphatic carbocycles. The average molecular weight is 329 g/mol. The molecule has 10 heteroatoms. The number of hydrogen-bond donors (Lipinski definition) is 3. The van der Waals surface area contributed by atoms with Crippen LogP contribution >= 0.6 is 11.6 Å². The van der Waals surface area contributed by atoms with Crippen LogP contribution in [0.4, 0.5) is 11.6 Å². The van der Waals surface area contributed by atoms with Gasteiger partial charge < -0.3 is 10.8 Å². The number of nitrogen functional groups attached to an aromatic ring is 1. The van der Waals surface area contributed by atoms with Gasteiger partial charge in [-0.05, 0) is 24.3 Å². The highest BCUT2D eigenvalue weighted by Crippen LogP contribution is 2.21. The molecule has 0 atom stereocenters. The zero-order valence-electron chi connectivity index (χ0n) is 10.3. The molecule has 0 saturated carbocycles. The van der Waals surface area contributed by atoms with Crippen LogP contribution in [0, 0.1) is 0 Å². The molecule has 1 aromatic heterocycles. The van der Waals surface area contributed by atoms with Crippen LogP contribution < -0.4 is 10.5 Å². The Morgan fingerprint density at radius 3 is 2.67 bits per heavy atom. The molecule has 0 bridgehead atoms. The molecule has 0 amide bonds. The van der Waals surface area contributed by atoms with Gasteiger partial charge in [0.1, 0.15) is 10.0 Å². The first kappa shape index (κ1) is 15.0. The van der Waals surface area contributed by atoms with Gasteiger partial charge in [0.15, 0.2) is 0 Å². The van der Waals surface area contributed by atoms with Gasteiger partial charge in [0.2, 0.25) is 5.95 Å². The normalized spacial score (nSPS) is 11.1. The molecule has 0 aliphatic heterocycles. The lowest BCUT2D eigenvalue weighted by molar-refractivity contribution is 0.0692. The zero-order valence-corrected chi connectivity index (χ0v) is 11.9. The van der Waals surface area contributed by atoms with E-state index in [4.69, 9.17) is 22.4 Å². The predicted octanol–water partition coefficient (Wildman–Crippen LogP) is 1.21. The molecule has 2 aromatic rings. The SMILES string of the molecule is Nc1ccc(C(=O)O)c(S(=O)(=O)Nc2nccc(Cl)n2)c1. The summed E-state index contributed by atoms with van der Waals surface area (Å²) >= 11 is 5.63. The van der Waals surface area contributed by atoms with Crippen molar-refractivity contribution in [3.8, 4) is 0 Å². The van der Waals surface area contributed by atoms with E-state index in [0.717, 1.165) is 12.1 Å². The number of benzene rings is 1. The number of nitrogens with two attached hydrogens (primary N) is 1. The number of sulfonamides is 1. The van der Waals surface area contributed by atoms with Crippen molar-refractivity contribution in [2.45, 2.75) is 4.90 Å². The number of halogens is 1. The second-order valence-electron chi connectivity index (χ2n) is 3.87. The first-order valence-corrected chi connectivity index (χ1v) is 7.30. The minimum atomic E-state index is -4.22. The highest BCUT2D eigenvalue weighted by atomic mass is 35.5. The van der Waals surface area contributed by atoms with Gasteiger partial charge in [-0.3, -0.25) is 0 Å². The maximum atomic E-state index is 12.2. The molecule has 0 aliphatic rings. The van der Waals surface area contributed by atoms with E-state index in [9.17, 15) is 13.2 Å². The van der Waals surface area contributed by atoms with E-state index >= 15 is 0 Å². The number of carbonyl (C=O) groups is 1. The first-order valence-electron chi connectivity index (χ1n) is 5.44. The van der Waals surface area contributed by atoms with E-state index in [-0.39, 0.29) is 16.8 Å². The Morgan fingerprint density at radius 1 is 1.33 bits per heavy atom. The van der Waals surface area contributed by atoms with E-state index < -0.39 is 26.5 Å². The molecule has 0 unspecified atom stereocenters. The Morgan fingerprint density at radius 2 is 2.05 bits per heavy atom. The van der Waals surface area contributed by atoms with E-state index in [1.54, 1.807) is 0 Å². The molecular formula is C11H9ClN4O4S. The van der Waals surface area contributed by atoms with Crippen LogP contribution in [0.2, 0.25) is 5.15 Å². The van der Waals surface area contributed by atoms with Crippen LogP contribution in [0.5, 0.6) is 0 Å². The van der Waals surface area contributed by atoms with Crippen LogP contribution in [0.15, 0.2) is 35.4 Å². The number of aromatic nitrogens is 2. The third-order valence-electron chi connectivity index (χ3n) is 2.37. The minimum Gasteiger partial charge on any atom is -0.478 e. The largest absolute Gasteiger partial charge is 0.478 e. The van der Waals surface area contributed by atoms with Gasteiger partial charge >= 0.3 is 5.97 Å². The smallest absolute Gasteiger partial charge is 0.337 e. The Balaban J connectivity index is 2.49. The number of carboxylic acid groups (broad SMARTS) is 1. The molecule has 8 nitrogen and oxygen atoms in total. The number of carboxylic acids is 1. The lowest BCUT2D eigenvalue weighted by atomic mass is 10.2. The molecule has 110 valence electrons. The third-order valence-corrected chi connectivity index (χ3v) is 3.95. The van der Waals surface area contributed by atoms with Gasteiger partial charge in [-0.15, -0.1) is 0 Å². The molecule has 1 heterocycles.